The summed E-state index contributed by atoms with van der Waals surface area (Å²) < 4.78 is 39.5. The van der Waals surface area contributed by atoms with Gasteiger partial charge in [0.25, 0.3) is 10.0 Å². The van der Waals surface area contributed by atoms with Gasteiger partial charge in [0.15, 0.2) is 11.5 Å². The molecule has 0 saturated heterocycles. The Kier molecular flexibility index (Phi) is 6.55. The van der Waals surface area contributed by atoms with E-state index in [0.717, 1.165) is 15.4 Å². The Labute approximate surface area is 194 Å². The topological polar surface area (TPSA) is 84.9 Å². The van der Waals surface area contributed by atoms with Gasteiger partial charge in [0.05, 0.1) is 17.1 Å². The first-order valence-electron chi connectivity index (χ1n) is 10.6. The Morgan fingerprint density at radius 1 is 0.970 bits per heavy atom. The zero-order valence-corrected chi connectivity index (χ0v) is 19.3. The molecule has 0 spiro atoms. The second-order valence-corrected chi connectivity index (χ2v) is 9.76. The molecule has 1 heterocycles. The number of aryl methyl sites for hydroxylation is 2. The highest BCUT2D eigenvalue weighted by Crippen LogP contribution is 2.30. The van der Waals surface area contributed by atoms with Crippen LogP contribution in [-0.2, 0) is 14.8 Å². The Morgan fingerprint density at radius 3 is 2.39 bits per heavy atom. The molecular weight excluding hydrogens is 440 g/mol. The van der Waals surface area contributed by atoms with Gasteiger partial charge in [-0.1, -0.05) is 36.4 Å². The van der Waals surface area contributed by atoms with Gasteiger partial charge in [-0.3, -0.25) is 9.10 Å². The van der Waals surface area contributed by atoms with E-state index >= 15 is 0 Å². The summed E-state index contributed by atoms with van der Waals surface area (Å²) in [6.45, 7) is 3.99. The molecule has 0 saturated carbocycles. The highest BCUT2D eigenvalue weighted by molar-refractivity contribution is 7.92. The van der Waals surface area contributed by atoms with Gasteiger partial charge in [-0.15, -0.1) is 0 Å². The Bertz CT molecular complexity index is 1240. The van der Waals surface area contributed by atoms with Gasteiger partial charge in [0.1, 0.15) is 19.3 Å². The van der Waals surface area contributed by atoms with Crippen molar-refractivity contribution in [2.45, 2.75) is 24.8 Å². The molecule has 0 aliphatic carbocycles. The van der Waals surface area contributed by atoms with Crippen molar-refractivity contribution < 1.29 is 22.7 Å². The van der Waals surface area contributed by atoms with E-state index in [1.54, 1.807) is 36.4 Å². The third-order valence-corrected chi connectivity index (χ3v) is 7.28. The predicted octanol–water partition coefficient (Wildman–Crippen LogP) is 3.45. The van der Waals surface area contributed by atoms with E-state index in [1.807, 2.05) is 38.1 Å². The summed E-state index contributed by atoms with van der Waals surface area (Å²) in [5.41, 5.74) is 2.41. The molecule has 7 nitrogen and oxygen atoms in total. The lowest BCUT2D eigenvalue weighted by atomic mass is 10.1. The van der Waals surface area contributed by atoms with E-state index in [-0.39, 0.29) is 24.1 Å². The molecule has 33 heavy (non-hydrogen) atoms. The van der Waals surface area contributed by atoms with Gasteiger partial charge in [0.2, 0.25) is 5.91 Å². The first-order valence-corrected chi connectivity index (χ1v) is 12.1. The molecule has 1 N–H and O–H groups in total. The van der Waals surface area contributed by atoms with Gasteiger partial charge >= 0.3 is 0 Å². The fourth-order valence-electron chi connectivity index (χ4n) is 3.49. The summed E-state index contributed by atoms with van der Waals surface area (Å²) in [7, 11) is -3.95. The van der Waals surface area contributed by atoms with Crippen molar-refractivity contribution in [2.24, 2.45) is 0 Å². The third-order valence-electron chi connectivity index (χ3n) is 5.49. The number of anilines is 1. The number of carbonyl (C=O) groups excluding carboxylic acids is 1. The van der Waals surface area contributed by atoms with Crippen LogP contribution < -0.4 is 19.1 Å². The van der Waals surface area contributed by atoms with Crippen LogP contribution in [0, 0.1) is 13.8 Å². The number of fused-ring (bicyclic) bond motifs is 1. The molecule has 3 aromatic carbocycles. The lowest BCUT2D eigenvalue weighted by molar-refractivity contribution is -0.120. The lowest BCUT2D eigenvalue weighted by Crippen LogP contribution is -2.45. The Hall–Kier alpha value is -3.52. The molecule has 0 radical (unpaired) electrons. The second kappa shape index (κ2) is 9.54. The predicted molar refractivity (Wildman–Crippen MR) is 126 cm³/mol. The molecule has 0 fully saturated rings. The fraction of sp³-hybridized carbons (Fsp3) is 0.240. The first-order chi connectivity index (χ1) is 15.8. The quantitative estimate of drug-likeness (QED) is 0.577. The number of nitrogens with one attached hydrogen (secondary N) is 1. The van der Waals surface area contributed by atoms with Crippen molar-refractivity contribution in [3.05, 3.63) is 83.9 Å². The van der Waals surface area contributed by atoms with Crippen LogP contribution in [0.15, 0.2) is 77.7 Å². The van der Waals surface area contributed by atoms with E-state index in [0.29, 0.717) is 23.8 Å². The summed E-state index contributed by atoms with van der Waals surface area (Å²) in [4.78, 5) is 13.0. The van der Waals surface area contributed by atoms with Gasteiger partial charge in [-0.25, -0.2) is 8.42 Å². The third kappa shape index (κ3) is 5.12. The molecule has 4 rings (SSSR count). The smallest absolute Gasteiger partial charge is 0.264 e. The normalized spacial score (nSPS) is 15.0. The number of benzene rings is 3. The number of hydrogen-bond acceptors (Lipinski definition) is 5. The highest BCUT2D eigenvalue weighted by Gasteiger charge is 2.28. The Morgan fingerprint density at radius 2 is 1.67 bits per heavy atom. The molecular formula is C25H26N2O5S. The maximum absolute atomic E-state index is 13.4. The number of rotatable bonds is 7. The van der Waals surface area contributed by atoms with Crippen LogP contribution in [0.4, 0.5) is 5.69 Å². The zero-order valence-electron chi connectivity index (χ0n) is 18.5. The van der Waals surface area contributed by atoms with Crippen LogP contribution >= 0.6 is 0 Å². The van der Waals surface area contributed by atoms with E-state index in [9.17, 15) is 13.2 Å². The molecule has 0 bridgehead atoms. The Balaban J connectivity index is 1.50. The van der Waals surface area contributed by atoms with Gasteiger partial charge in [0, 0.05) is 0 Å². The SMILES string of the molecule is Cc1ccc(N(CC(=O)NC[C@@H]2COc3ccccc3O2)S(=O)(=O)c2ccccc2)cc1C. The fourth-order valence-corrected chi connectivity index (χ4v) is 4.93. The van der Waals surface area contributed by atoms with E-state index in [2.05, 4.69) is 5.32 Å². The molecule has 3 aromatic rings. The number of ether oxygens (including phenoxy) is 2. The molecule has 0 aromatic heterocycles. The number of hydrogen-bond donors (Lipinski definition) is 1. The lowest BCUT2D eigenvalue weighted by Gasteiger charge is -2.27. The van der Waals surface area contributed by atoms with Gasteiger partial charge < -0.3 is 14.8 Å². The number of sulfonamides is 1. The van der Waals surface area contributed by atoms with Gasteiger partial charge in [-0.05, 0) is 61.4 Å². The molecule has 1 amide bonds. The van der Waals surface area contributed by atoms with Crippen molar-refractivity contribution >= 4 is 21.6 Å². The molecule has 1 aliphatic heterocycles. The number of para-hydroxylation sites is 2. The highest BCUT2D eigenvalue weighted by atomic mass is 32.2. The number of amides is 1. The largest absolute Gasteiger partial charge is 0.486 e. The molecule has 172 valence electrons. The van der Waals surface area contributed by atoms with Crippen LogP contribution in [0.1, 0.15) is 11.1 Å². The molecule has 1 atom stereocenters. The summed E-state index contributed by atoms with van der Waals surface area (Å²) in [6, 6.07) is 20.8. The standard InChI is InChI=1S/C25H26N2O5S/c1-18-12-13-20(14-19(18)2)27(33(29,30)22-8-4-3-5-9-22)16-25(28)26-15-21-17-31-23-10-6-7-11-24(23)32-21/h3-14,21H,15-17H2,1-2H3,(H,26,28)/t21-/m1/s1. The first kappa shape index (κ1) is 22.7. The monoisotopic (exact) mass is 466 g/mol. The van der Waals surface area contributed by atoms with Crippen molar-refractivity contribution in [3.8, 4) is 11.5 Å². The molecule has 8 heteroatoms. The minimum Gasteiger partial charge on any atom is -0.486 e. The molecule has 1 aliphatic rings. The minimum atomic E-state index is -3.95. The summed E-state index contributed by atoms with van der Waals surface area (Å²) >= 11 is 0. The van der Waals surface area contributed by atoms with Crippen LogP contribution in [0.25, 0.3) is 0 Å². The van der Waals surface area contributed by atoms with Crippen molar-refractivity contribution in [1.82, 2.24) is 5.32 Å². The van der Waals surface area contributed by atoms with Crippen molar-refractivity contribution in [1.29, 1.82) is 0 Å². The zero-order chi connectivity index (χ0) is 23.4. The molecule has 0 unspecified atom stereocenters. The van der Waals surface area contributed by atoms with Crippen molar-refractivity contribution in [2.75, 3.05) is 24.0 Å². The maximum atomic E-state index is 13.4. The summed E-state index contributed by atoms with van der Waals surface area (Å²) in [6.07, 6.45) is -0.371. The maximum Gasteiger partial charge on any atom is 0.264 e. The second-order valence-electron chi connectivity index (χ2n) is 7.89. The van der Waals surface area contributed by atoms with Crippen LogP contribution in [0.2, 0.25) is 0 Å². The number of nitrogens with zero attached hydrogens (tertiary/aromatic N) is 1. The average molecular weight is 467 g/mol. The summed E-state index contributed by atoms with van der Waals surface area (Å²) in [5, 5.41) is 2.78. The average Bonchev–Trinajstić information content (AvgIpc) is 2.83. The van der Waals surface area contributed by atoms with Crippen LogP contribution in [0.5, 0.6) is 11.5 Å². The van der Waals surface area contributed by atoms with Crippen molar-refractivity contribution in [3.63, 3.8) is 0 Å². The van der Waals surface area contributed by atoms with Crippen LogP contribution in [0.3, 0.4) is 0 Å². The minimum absolute atomic E-state index is 0.122. The van der Waals surface area contributed by atoms with E-state index in [1.165, 1.54) is 12.1 Å². The van der Waals surface area contributed by atoms with E-state index < -0.39 is 15.9 Å². The van der Waals surface area contributed by atoms with Gasteiger partial charge in [-0.2, -0.15) is 0 Å². The summed E-state index contributed by atoms with van der Waals surface area (Å²) in [5.74, 6) is 0.844. The van der Waals surface area contributed by atoms with Crippen LogP contribution in [-0.4, -0.2) is 40.1 Å². The van der Waals surface area contributed by atoms with E-state index in [4.69, 9.17) is 9.47 Å². The number of carbonyl (C=O) groups is 1.